The maximum Gasteiger partial charge on any atom is 0.0540 e. The van der Waals surface area contributed by atoms with Crippen LogP contribution in [0.4, 0.5) is 0 Å². The molecule has 0 radical (unpaired) electrons. The van der Waals surface area contributed by atoms with Crippen molar-refractivity contribution < 1.29 is 5.11 Å². The van der Waals surface area contributed by atoms with Crippen molar-refractivity contribution in [3.8, 4) is 0 Å². The summed E-state index contributed by atoms with van der Waals surface area (Å²) in [6.45, 7) is 1.92. The Morgan fingerprint density at radius 2 is 2.20 bits per heavy atom. The van der Waals surface area contributed by atoms with Crippen LogP contribution in [0.3, 0.4) is 0 Å². The van der Waals surface area contributed by atoms with Gasteiger partial charge in [-0.2, -0.15) is 0 Å². The monoisotopic (exact) mass is 254 g/mol. The van der Waals surface area contributed by atoms with E-state index in [1.807, 2.05) is 6.92 Å². The number of hydrogen-bond donors (Lipinski definition) is 1. The Morgan fingerprint density at radius 3 is 2.60 bits per heavy atom. The van der Waals surface area contributed by atoms with Gasteiger partial charge < -0.3 is 5.11 Å². The summed E-state index contributed by atoms with van der Waals surface area (Å²) in [4.78, 5) is 0. The van der Waals surface area contributed by atoms with E-state index in [0.717, 1.165) is 3.92 Å². The van der Waals surface area contributed by atoms with Crippen LogP contribution in [0.1, 0.15) is 32.6 Å². The fraction of sp³-hybridized carbons (Fsp3) is 1.00. The summed E-state index contributed by atoms with van der Waals surface area (Å²) in [6, 6.07) is 0. The van der Waals surface area contributed by atoms with Crippen molar-refractivity contribution in [2.45, 2.75) is 42.6 Å². The van der Waals surface area contributed by atoms with E-state index in [2.05, 4.69) is 22.6 Å². The molecule has 1 saturated carbocycles. The molecule has 1 N–H and O–H groups in total. The van der Waals surface area contributed by atoms with E-state index in [1.165, 1.54) is 25.7 Å². The van der Waals surface area contributed by atoms with Gasteiger partial charge in [0.25, 0.3) is 0 Å². The molecule has 0 aromatic rings. The summed E-state index contributed by atoms with van der Waals surface area (Å²) in [5.74, 6) is 0.579. The third kappa shape index (κ3) is 2.38. The minimum atomic E-state index is -0.0856. The molecule has 1 nitrogen and oxygen atoms in total. The molecule has 1 fully saturated rings. The maximum atomic E-state index is 9.29. The molecule has 0 bridgehead atoms. The quantitative estimate of drug-likeness (QED) is 0.562. The molecule has 3 atom stereocenters. The number of aliphatic hydroxyl groups is 1. The smallest absolute Gasteiger partial charge is 0.0540 e. The Labute approximate surface area is 76.3 Å². The van der Waals surface area contributed by atoms with Crippen LogP contribution in [-0.2, 0) is 0 Å². The molecule has 1 rings (SSSR count). The first-order valence-corrected chi connectivity index (χ1v) is 5.27. The van der Waals surface area contributed by atoms with Crippen molar-refractivity contribution in [3.05, 3.63) is 0 Å². The van der Waals surface area contributed by atoms with Gasteiger partial charge in [-0.15, -0.1) is 0 Å². The highest BCUT2D eigenvalue weighted by atomic mass is 127. The fourth-order valence-corrected chi connectivity index (χ4v) is 2.70. The van der Waals surface area contributed by atoms with Crippen molar-refractivity contribution in [3.63, 3.8) is 0 Å². The number of hydrogen-bond acceptors (Lipinski definition) is 1. The summed E-state index contributed by atoms with van der Waals surface area (Å²) in [5.41, 5.74) is 0. The lowest BCUT2D eigenvalue weighted by atomic mass is 9.86. The Hall–Kier alpha value is 0.690. The summed E-state index contributed by atoms with van der Waals surface area (Å²) in [6.07, 6.45) is 5.03. The summed E-state index contributed by atoms with van der Waals surface area (Å²) in [7, 11) is 0. The predicted octanol–water partition coefficient (Wildman–Crippen LogP) is 2.36. The lowest BCUT2D eigenvalue weighted by molar-refractivity contribution is 0.104. The first-order valence-electron chi connectivity index (χ1n) is 4.02. The first kappa shape index (κ1) is 8.78. The molecule has 0 heterocycles. The molecule has 3 unspecified atom stereocenters. The standard InChI is InChI=1S/C8H15IO/c1-6(10)7-3-2-4-8(9)5-7/h6-8,10H,2-5H2,1H3. The Balaban J connectivity index is 2.32. The number of rotatable bonds is 1. The van der Waals surface area contributed by atoms with Gasteiger partial charge >= 0.3 is 0 Å². The van der Waals surface area contributed by atoms with E-state index < -0.39 is 0 Å². The third-order valence-corrected chi connectivity index (χ3v) is 3.46. The second-order valence-electron chi connectivity index (χ2n) is 3.26. The first-order chi connectivity index (χ1) is 4.70. The van der Waals surface area contributed by atoms with Crippen molar-refractivity contribution in [2.24, 2.45) is 5.92 Å². The fourth-order valence-electron chi connectivity index (χ4n) is 1.60. The highest BCUT2D eigenvalue weighted by Crippen LogP contribution is 2.30. The minimum Gasteiger partial charge on any atom is -0.393 e. The van der Waals surface area contributed by atoms with E-state index in [-0.39, 0.29) is 6.10 Å². The molecule has 0 aromatic heterocycles. The van der Waals surface area contributed by atoms with Crippen molar-refractivity contribution in [1.29, 1.82) is 0 Å². The van der Waals surface area contributed by atoms with Gasteiger partial charge in [-0.05, 0) is 32.1 Å². The van der Waals surface area contributed by atoms with Crippen LogP contribution < -0.4 is 0 Å². The number of halogens is 1. The zero-order valence-electron chi connectivity index (χ0n) is 6.39. The van der Waals surface area contributed by atoms with Crippen LogP contribution in [0, 0.1) is 5.92 Å². The summed E-state index contributed by atoms with van der Waals surface area (Å²) >= 11 is 2.49. The number of alkyl halides is 1. The highest BCUT2D eigenvalue weighted by Gasteiger charge is 2.22. The molecular weight excluding hydrogens is 239 g/mol. The zero-order valence-corrected chi connectivity index (χ0v) is 8.54. The SMILES string of the molecule is CC(O)C1CCCC(I)C1. The van der Waals surface area contributed by atoms with Gasteiger partial charge in [0.2, 0.25) is 0 Å². The lowest BCUT2D eigenvalue weighted by Crippen LogP contribution is -2.24. The Morgan fingerprint density at radius 1 is 1.50 bits per heavy atom. The molecule has 0 spiro atoms. The van der Waals surface area contributed by atoms with Crippen molar-refractivity contribution >= 4 is 22.6 Å². The molecule has 0 aromatic carbocycles. The second kappa shape index (κ2) is 3.90. The maximum absolute atomic E-state index is 9.29. The molecule has 1 aliphatic rings. The van der Waals surface area contributed by atoms with Gasteiger partial charge in [0.1, 0.15) is 0 Å². The van der Waals surface area contributed by atoms with Crippen LogP contribution >= 0.6 is 22.6 Å². The van der Waals surface area contributed by atoms with Gasteiger partial charge in [-0.25, -0.2) is 0 Å². The van der Waals surface area contributed by atoms with Gasteiger partial charge in [-0.3, -0.25) is 0 Å². The molecule has 0 amide bonds. The summed E-state index contributed by atoms with van der Waals surface area (Å²) < 4.78 is 0.811. The molecular formula is C8H15IO. The second-order valence-corrected chi connectivity index (χ2v) is 5.03. The topological polar surface area (TPSA) is 20.2 Å². The van der Waals surface area contributed by atoms with Crippen LogP contribution in [0.5, 0.6) is 0 Å². The number of aliphatic hydroxyl groups excluding tert-OH is 1. The average molecular weight is 254 g/mol. The van der Waals surface area contributed by atoms with E-state index >= 15 is 0 Å². The molecule has 60 valence electrons. The van der Waals surface area contributed by atoms with Crippen LogP contribution in [-0.4, -0.2) is 15.1 Å². The minimum absolute atomic E-state index is 0.0856. The highest BCUT2D eigenvalue weighted by molar-refractivity contribution is 14.1. The van der Waals surface area contributed by atoms with Crippen LogP contribution in [0.2, 0.25) is 0 Å². The van der Waals surface area contributed by atoms with Crippen molar-refractivity contribution in [2.75, 3.05) is 0 Å². The van der Waals surface area contributed by atoms with Gasteiger partial charge in [0, 0.05) is 3.92 Å². The van der Waals surface area contributed by atoms with E-state index in [0.29, 0.717) is 5.92 Å². The van der Waals surface area contributed by atoms with E-state index in [4.69, 9.17) is 0 Å². The zero-order chi connectivity index (χ0) is 7.56. The van der Waals surface area contributed by atoms with Crippen LogP contribution in [0.25, 0.3) is 0 Å². The summed E-state index contributed by atoms with van der Waals surface area (Å²) in [5, 5.41) is 9.29. The molecule has 1 aliphatic carbocycles. The van der Waals surface area contributed by atoms with Gasteiger partial charge in [0.15, 0.2) is 0 Å². The molecule has 2 heteroatoms. The molecule has 0 aliphatic heterocycles. The molecule has 10 heavy (non-hydrogen) atoms. The lowest BCUT2D eigenvalue weighted by Gasteiger charge is -2.27. The Kier molecular flexibility index (Phi) is 3.43. The van der Waals surface area contributed by atoms with E-state index in [1.54, 1.807) is 0 Å². The van der Waals surface area contributed by atoms with Crippen LogP contribution in [0.15, 0.2) is 0 Å². The average Bonchev–Trinajstić information content (AvgIpc) is 1.88. The predicted molar refractivity (Wildman–Crippen MR) is 51.4 cm³/mol. The third-order valence-electron chi connectivity index (χ3n) is 2.33. The van der Waals surface area contributed by atoms with Crippen molar-refractivity contribution in [1.82, 2.24) is 0 Å². The van der Waals surface area contributed by atoms with Gasteiger partial charge in [-0.1, -0.05) is 29.0 Å². The normalized spacial score (nSPS) is 37.5. The largest absolute Gasteiger partial charge is 0.393 e. The Bertz CT molecular complexity index is 103. The van der Waals surface area contributed by atoms with Gasteiger partial charge in [0.05, 0.1) is 6.10 Å². The van der Waals surface area contributed by atoms with E-state index in [9.17, 15) is 5.11 Å². The molecule has 0 saturated heterocycles.